The summed E-state index contributed by atoms with van der Waals surface area (Å²) in [6.45, 7) is 0. The molecule has 0 saturated heterocycles. The molecule has 13 aromatic rings. The molecule has 0 spiro atoms. The van der Waals surface area contributed by atoms with Crippen LogP contribution < -0.4 is 46.2 Å². The smallest absolute Gasteiger partial charge is 0.188 e. The number of rotatable bonds is 7. The van der Waals surface area contributed by atoms with E-state index < -0.39 is 16.1 Å². The standard InChI is InChI=1S/C62H42N4OSi2/c1-5-21-43(22-6-1)68(44-23-7-2-8-24-44,47-36-37-48-49-29-13-15-31-52(49)65-40-39-64-62(65)51(48)41-47)57-42-54-59(50-30-14-16-32-53(50)66(54)58-35-19-20-38-63-58)60-61(57)69(45-25-9-3-10-26-45,46-27-11-4-12-28-46)56-34-18-17-33-55(56)67-60/h1-42H. The maximum absolute atomic E-state index is 7.77. The van der Waals surface area contributed by atoms with Gasteiger partial charge >= 0.3 is 0 Å². The van der Waals surface area contributed by atoms with E-state index in [0.717, 1.165) is 55.7 Å². The first-order chi connectivity index (χ1) is 34.3. The van der Waals surface area contributed by atoms with Crippen molar-refractivity contribution in [1.29, 1.82) is 0 Å². The molecule has 14 rings (SSSR count). The van der Waals surface area contributed by atoms with Gasteiger partial charge in [0.2, 0.25) is 0 Å². The molecule has 0 N–H and O–H groups in total. The van der Waals surface area contributed by atoms with Gasteiger partial charge in [0.25, 0.3) is 0 Å². The van der Waals surface area contributed by atoms with Crippen LogP contribution in [0.4, 0.5) is 0 Å². The minimum absolute atomic E-state index is 0.853. The molecule has 0 atom stereocenters. The van der Waals surface area contributed by atoms with E-state index in [1.165, 1.54) is 52.3 Å². The topological polar surface area (TPSA) is 44.4 Å². The van der Waals surface area contributed by atoms with Gasteiger partial charge in [-0.3, -0.25) is 8.97 Å². The van der Waals surface area contributed by atoms with Gasteiger partial charge in [0.05, 0.1) is 21.9 Å². The fourth-order valence-electron chi connectivity index (χ4n) is 12.0. The Morgan fingerprint density at radius 3 is 1.74 bits per heavy atom. The maximum Gasteiger partial charge on any atom is 0.188 e. The Kier molecular flexibility index (Phi) is 8.86. The van der Waals surface area contributed by atoms with Crippen molar-refractivity contribution in [2.45, 2.75) is 0 Å². The van der Waals surface area contributed by atoms with E-state index in [1.807, 2.05) is 18.5 Å². The summed E-state index contributed by atoms with van der Waals surface area (Å²) in [5, 5.41) is 15.9. The summed E-state index contributed by atoms with van der Waals surface area (Å²) in [6, 6.07) is 87.8. The molecule has 9 aromatic carbocycles. The average molecular weight is 915 g/mol. The fraction of sp³-hybridized carbons (Fsp3) is 0. The van der Waals surface area contributed by atoms with Crippen molar-refractivity contribution in [3.8, 4) is 17.3 Å². The van der Waals surface area contributed by atoms with E-state index in [9.17, 15) is 0 Å². The molecule has 7 heteroatoms. The molecular formula is C62H42N4OSi2. The molecule has 0 bridgehead atoms. The van der Waals surface area contributed by atoms with Crippen LogP contribution in [-0.4, -0.2) is 35.1 Å². The molecule has 0 unspecified atom stereocenters. The number of fused-ring (bicyclic) bond motifs is 12. The third-order valence-electron chi connectivity index (χ3n) is 14.7. The van der Waals surface area contributed by atoms with Gasteiger partial charge in [-0.15, -0.1) is 0 Å². The van der Waals surface area contributed by atoms with Gasteiger partial charge in [0.1, 0.15) is 23.0 Å². The number of aromatic nitrogens is 4. The fourth-order valence-corrected chi connectivity index (χ4v) is 23.0. The highest BCUT2D eigenvalue weighted by molar-refractivity contribution is 7.27. The minimum atomic E-state index is -3.51. The number of imidazole rings is 1. The number of benzene rings is 9. The van der Waals surface area contributed by atoms with E-state index in [4.69, 9.17) is 14.7 Å². The van der Waals surface area contributed by atoms with Crippen LogP contribution >= 0.6 is 0 Å². The first kappa shape index (κ1) is 39.5. The molecule has 69 heavy (non-hydrogen) atoms. The first-order valence-corrected chi connectivity index (χ1v) is 27.6. The molecule has 0 amide bonds. The molecule has 1 aliphatic rings. The first-order valence-electron chi connectivity index (χ1n) is 23.6. The Bertz CT molecular complexity index is 4020. The molecule has 0 fully saturated rings. The highest BCUT2D eigenvalue weighted by atomic mass is 28.3. The summed E-state index contributed by atoms with van der Waals surface area (Å²) >= 11 is 0. The van der Waals surface area contributed by atoms with Crippen molar-refractivity contribution in [2.75, 3.05) is 0 Å². The van der Waals surface area contributed by atoms with Crippen LogP contribution in [0.3, 0.4) is 0 Å². The lowest BCUT2D eigenvalue weighted by molar-refractivity contribution is 0.493. The summed E-state index contributed by atoms with van der Waals surface area (Å²) in [5.41, 5.74) is 4.21. The Balaban J connectivity index is 1.28. The van der Waals surface area contributed by atoms with Crippen molar-refractivity contribution in [3.05, 3.63) is 255 Å². The van der Waals surface area contributed by atoms with Crippen LogP contribution in [0.5, 0.6) is 11.5 Å². The quantitative estimate of drug-likeness (QED) is 0.0912. The minimum Gasteiger partial charge on any atom is -0.457 e. The van der Waals surface area contributed by atoms with Gasteiger partial charge in [-0.25, -0.2) is 9.97 Å². The van der Waals surface area contributed by atoms with Crippen molar-refractivity contribution >= 4 is 107 Å². The molecular weight excluding hydrogens is 873 g/mol. The molecule has 0 radical (unpaired) electrons. The van der Waals surface area contributed by atoms with Gasteiger partial charge in [-0.2, -0.15) is 0 Å². The average Bonchev–Trinajstić information content (AvgIpc) is 4.06. The molecule has 4 aromatic heterocycles. The van der Waals surface area contributed by atoms with Crippen molar-refractivity contribution < 1.29 is 4.74 Å². The van der Waals surface area contributed by atoms with Crippen LogP contribution in [0.15, 0.2) is 255 Å². The molecule has 0 aliphatic carbocycles. The summed E-state index contributed by atoms with van der Waals surface area (Å²) in [7, 11) is -6.87. The summed E-state index contributed by atoms with van der Waals surface area (Å²) in [5.74, 6) is 2.66. The Morgan fingerprint density at radius 1 is 0.435 bits per heavy atom. The van der Waals surface area contributed by atoms with Crippen molar-refractivity contribution in [2.24, 2.45) is 0 Å². The number of ether oxygens (including phenoxy) is 1. The van der Waals surface area contributed by atoms with E-state index >= 15 is 0 Å². The third kappa shape index (κ3) is 5.57. The maximum atomic E-state index is 7.77. The zero-order valence-corrected chi connectivity index (χ0v) is 39.4. The number of pyridine rings is 2. The molecule has 5 nitrogen and oxygen atoms in total. The Morgan fingerprint density at radius 2 is 1.04 bits per heavy atom. The SMILES string of the molecule is c1ccc([Si](c2ccccc2)(c2ccc3c4ccccc4n4ccnc4c3c2)c2cc3c(c4c2[Si](c2ccccc2)(c2ccccc2)c2ccccc2O4)c2ccccc2n3-c2ccccn2)cc1. The van der Waals surface area contributed by atoms with Gasteiger partial charge in [-0.1, -0.05) is 200 Å². The summed E-state index contributed by atoms with van der Waals surface area (Å²) in [6.07, 6.45) is 5.92. The van der Waals surface area contributed by atoms with E-state index in [0.29, 0.717) is 0 Å². The molecule has 5 heterocycles. The van der Waals surface area contributed by atoms with Gasteiger partial charge < -0.3 is 4.74 Å². The Hall–Kier alpha value is -8.63. The second kappa shape index (κ2) is 15.5. The zero-order valence-electron chi connectivity index (χ0n) is 37.4. The van der Waals surface area contributed by atoms with Crippen LogP contribution in [0.2, 0.25) is 0 Å². The van der Waals surface area contributed by atoms with Crippen LogP contribution in [-0.2, 0) is 0 Å². The number of nitrogens with zero attached hydrogens (tertiary/aromatic N) is 4. The lowest BCUT2D eigenvalue weighted by Crippen LogP contribution is -2.85. The second-order valence-electron chi connectivity index (χ2n) is 18.0. The summed E-state index contributed by atoms with van der Waals surface area (Å²) in [4.78, 5) is 10.2. The Labute approximate surface area is 400 Å². The number of hydrogen-bond acceptors (Lipinski definition) is 3. The van der Waals surface area contributed by atoms with Crippen LogP contribution in [0.1, 0.15) is 0 Å². The van der Waals surface area contributed by atoms with E-state index in [-0.39, 0.29) is 0 Å². The highest BCUT2D eigenvalue weighted by Gasteiger charge is 2.55. The molecule has 0 saturated carbocycles. The largest absolute Gasteiger partial charge is 0.457 e. The van der Waals surface area contributed by atoms with Crippen LogP contribution in [0.25, 0.3) is 54.9 Å². The third-order valence-corrected chi connectivity index (χ3v) is 24.6. The van der Waals surface area contributed by atoms with Crippen molar-refractivity contribution in [3.63, 3.8) is 0 Å². The number of hydrogen-bond donors (Lipinski definition) is 0. The van der Waals surface area contributed by atoms with E-state index in [2.05, 4.69) is 246 Å². The molecule has 324 valence electrons. The van der Waals surface area contributed by atoms with Gasteiger partial charge in [-0.05, 0) is 83.3 Å². The number of para-hydroxylation sites is 3. The van der Waals surface area contributed by atoms with Gasteiger partial charge in [0.15, 0.2) is 16.1 Å². The van der Waals surface area contributed by atoms with Crippen molar-refractivity contribution in [1.82, 2.24) is 18.9 Å². The summed E-state index contributed by atoms with van der Waals surface area (Å²) < 4.78 is 12.4. The second-order valence-corrected chi connectivity index (χ2v) is 25.5. The van der Waals surface area contributed by atoms with Crippen LogP contribution in [0, 0.1) is 0 Å². The zero-order chi connectivity index (χ0) is 45.5. The highest BCUT2D eigenvalue weighted by Crippen LogP contribution is 2.42. The monoisotopic (exact) mass is 914 g/mol. The predicted octanol–water partition coefficient (Wildman–Crippen LogP) is 8.99. The van der Waals surface area contributed by atoms with E-state index in [1.54, 1.807) is 0 Å². The molecule has 1 aliphatic heterocycles. The lowest BCUT2D eigenvalue weighted by Gasteiger charge is -2.45. The normalized spacial score (nSPS) is 13.2. The van der Waals surface area contributed by atoms with Gasteiger partial charge in [0, 0.05) is 34.7 Å². The predicted molar refractivity (Wildman–Crippen MR) is 290 cm³/mol. The lowest BCUT2D eigenvalue weighted by atomic mass is 10.1.